The van der Waals surface area contributed by atoms with Crippen molar-refractivity contribution in [3.8, 4) is 5.75 Å². The maximum atomic E-state index is 14.0. The molecule has 3 amide bonds. The Kier molecular flexibility index (Phi) is 7.41. The number of carbonyl (C=O) groups excluding carboxylic acids is 3. The quantitative estimate of drug-likeness (QED) is 0.260. The topological polar surface area (TPSA) is 109 Å². The summed E-state index contributed by atoms with van der Waals surface area (Å²) in [6, 6.07) is 18.8. The van der Waals surface area contributed by atoms with E-state index in [-0.39, 0.29) is 17.4 Å². The molecule has 0 spiro atoms. The van der Waals surface area contributed by atoms with Gasteiger partial charge in [0.1, 0.15) is 11.0 Å². The summed E-state index contributed by atoms with van der Waals surface area (Å²) in [4.78, 5) is 57.1. The minimum absolute atomic E-state index is 0.302. The van der Waals surface area contributed by atoms with Gasteiger partial charge in [-0.3, -0.25) is 19.2 Å². The second-order valence-electron chi connectivity index (χ2n) is 9.57. The Balaban J connectivity index is 1.37. The number of imide groups is 1. The molecule has 3 aromatic carbocycles. The number of hydrogen-bond donors (Lipinski definition) is 2. The molecule has 0 saturated carbocycles. The lowest BCUT2D eigenvalue weighted by atomic mass is 9.82. The summed E-state index contributed by atoms with van der Waals surface area (Å²) >= 11 is 14.6. The molecule has 1 saturated heterocycles. The number of nitrogens with zero attached hydrogens (tertiary/aromatic N) is 1. The molecule has 0 aliphatic carbocycles. The first-order valence-electron chi connectivity index (χ1n) is 12.5. The van der Waals surface area contributed by atoms with E-state index in [4.69, 9.17) is 27.9 Å². The van der Waals surface area contributed by atoms with Crippen LogP contribution in [0.4, 0.5) is 11.4 Å². The van der Waals surface area contributed by atoms with Crippen molar-refractivity contribution in [3.05, 3.63) is 102 Å². The number of fused-ring (bicyclic) bond motifs is 2. The molecule has 3 atom stereocenters. The summed E-state index contributed by atoms with van der Waals surface area (Å²) in [6.07, 6.45) is 0. The second-order valence-corrected chi connectivity index (χ2v) is 12.6. The number of thioether (sulfide) groups is 1. The highest BCUT2D eigenvalue weighted by molar-refractivity contribution is 8.00. The van der Waals surface area contributed by atoms with Crippen LogP contribution >= 0.6 is 46.3 Å². The smallest absolute Gasteiger partial charge is 0.305 e. The number of halogens is 2. The van der Waals surface area contributed by atoms with E-state index in [0.29, 0.717) is 42.6 Å². The molecule has 2 N–H and O–H groups in total. The van der Waals surface area contributed by atoms with E-state index in [1.165, 1.54) is 16.7 Å². The highest BCUT2D eigenvalue weighted by Gasteiger charge is 2.56. The molecular formula is C29H21Cl2N3O5S2. The van der Waals surface area contributed by atoms with Crippen LogP contribution in [0.3, 0.4) is 0 Å². The monoisotopic (exact) mass is 625 g/mol. The van der Waals surface area contributed by atoms with Crippen molar-refractivity contribution in [1.29, 1.82) is 0 Å². The van der Waals surface area contributed by atoms with Crippen molar-refractivity contribution in [1.82, 2.24) is 4.98 Å². The van der Waals surface area contributed by atoms with Crippen molar-refractivity contribution in [3.63, 3.8) is 0 Å². The van der Waals surface area contributed by atoms with Crippen LogP contribution in [-0.2, 0) is 14.4 Å². The molecule has 8 nitrogen and oxygen atoms in total. The number of H-pyrrole nitrogens is 1. The van der Waals surface area contributed by atoms with Crippen LogP contribution in [0.15, 0.2) is 76.6 Å². The minimum Gasteiger partial charge on any atom is -0.483 e. The zero-order valence-electron chi connectivity index (χ0n) is 21.4. The number of anilines is 2. The van der Waals surface area contributed by atoms with E-state index in [0.717, 1.165) is 16.9 Å². The normalized spacial score (nSPS) is 19.6. The number of thiazole rings is 1. The summed E-state index contributed by atoms with van der Waals surface area (Å²) in [7, 11) is 0. The molecule has 41 heavy (non-hydrogen) atoms. The lowest BCUT2D eigenvalue weighted by Gasteiger charge is -2.31. The number of benzene rings is 3. The van der Waals surface area contributed by atoms with E-state index >= 15 is 0 Å². The first kappa shape index (κ1) is 27.6. The maximum Gasteiger partial charge on any atom is 0.305 e. The third kappa shape index (κ3) is 5.17. The molecule has 208 valence electrons. The van der Waals surface area contributed by atoms with Crippen molar-refractivity contribution >= 4 is 75.4 Å². The molecular weight excluding hydrogens is 605 g/mol. The van der Waals surface area contributed by atoms with Crippen molar-refractivity contribution in [2.24, 2.45) is 5.92 Å². The number of aromatic amines is 1. The molecule has 4 aromatic rings. The van der Waals surface area contributed by atoms with Crippen LogP contribution in [-0.4, -0.2) is 34.6 Å². The Bertz CT molecular complexity index is 1750. The molecule has 0 bridgehead atoms. The molecule has 2 aliphatic rings. The standard InChI is InChI=1S/C29H21Cl2N3O5S2/c1-14-4-2-3-5-19(14)32-21(35)13-39-20-11-8-16(31)12-18(20)22-23-25(40-26-24(22)41-29(38)33-26)28(37)34(27(23)36)17-9-6-15(30)7-10-17/h2-12,22-23,25H,13H2,1H3,(H,32,35)(H,33,38)/t22-,23?,25?/m1/s1. The minimum atomic E-state index is -0.844. The van der Waals surface area contributed by atoms with Gasteiger partial charge in [-0.05, 0) is 61.0 Å². The van der Waals surface area contributed by atoms with Gasteiger partial charge in [-0.25, -0.2) is 4.90 Å². The van der Waals surface area contributed by atoms with Gasteiger partial charge in [-0.15, -0.1) is 0 Å². The van der Waals surface area contributed by atoms with Gasteiger partial charge in [-0.2, -0.15) is 0 Å². The summed E-state index contributed by atoms with van der Waals surface area (Å²) < 4.78 is 5.99. The zero-order chi connectivity index (χ0) is 28.8. The van der Waals surface area contributed by atoms with Gasteiger partial charge in [-0.1, -0.05) is 64.5 Å². The number of para-hydroxylation sites is 1. The number of aryl methyl sites for hydroxylation is 1. The molecule has 3 heterocycles. The average Bonchev–Trinajstić information content (AvgIpc) is 3.44. The van der Waals surface area contributed by atoms with Crippen molar-refractivity contribution in [2.45, 2.75) is 23.1 Å². The fourth-order valence-corrected chi connectivity index (χ4v) is 7.95. The Morgan fingerprint density at radius 1 is 1.00 bits per heavy atom. The summed E-state index contributed by atoms with van der Waals surface area (Å²) in [5.74, 6) is -2.41. The number of hydrogen-bond acceptors (Lipinski definition) is 7. The van der Waals surface area contributed by atoms with Gasteiger partial charge in [0.05, 0.1) is 16.6 Å². The van der Waals surface area contributed by atoms with Gasteiger partial charge in [0, 0.05) is 32.1 Å². The van der Waals surface area contributed by atoms with Gasteiger partial charge in [0.2, 0.25) is 11.8 Å². The van der Waals surface area contributed by atoms with Crippen LogP contribution in [0.5, 0.6) is 5.75 Å². The van der Waals surface area contributed by atoms with Crippen LogP contribution in [0.25, 0.3) is 0 Å². The summed E-state index contributed by atoms with van der Waals surface area (Å²) in [6.45, 7) is 1.58. The highest BCUT2D eigenvalue weighted by atomic mass is 35.5. The number of ether oxygens (including phenoxy) is 1. The van der Waals surface area contributed by atoms with Crippen LogP contribution in [0.1, 0.15) is 21.9 Å². The highest BCUT2D eigenvalue weighted by Crippen LogP contribution is 2.54. The Morgan fingerprint density at radius 2 is 1.73 bits per heavy atom. The number of nitrogens with one attached hydrogen (secondary N) is 2. The third-order valence-corrected chi connectivity index (χ3v) is 9.88. The second kappa shape index (κ2) is 11.0. The van der Waals surface area contributed by atoms with E-state index in [1.54, 1.807) is 48.5 Å². The molecule has 12 heteroatoms. The molecule has 1 fully saturated rings. The SMILES string of the molecule is Cc1ccccc1NC(=O)COc1ccc(Cl)cc1[C@H]1c2sc(=O)[nH]c2SC2C(=O)N(c3ccc(Cl)cc3)C(=O)C21. The first-order valence-corrected chi connectivity index (χ1v) is 15.0. The predicted molar refractivity (Wildman–Crippen MR) is 161 cm³/mol. The van der Waals surface area contributed by atoms with Crippen molar-refractivity contribution in [2.75, 3.05) is 16.8 Å². The Hall–Kier alpha value is -3.57. The van der Waals surface area contributed by atoms with Crippen LogP contribution in [0, 0.1) is 12.8 Å². The number of rotatable bonds is 6. The zero-order valence-corrected chi connectivity index (χ0v) is 24.5. The number of aromatic nitrogens is 1. The lowest BCUT2D eigenvalue weighted by molar-refractivity contribution is -0.122. The number of amides is 3. The molecule has 0 radical (unpaired) electrons. The molecule has 2 unspecified atom stereocenters. The van der Waals surface area contributed by atoms with E-state index < -0.39 is 28.9 Å². The van der Waals surface area contributed by atoms with E-state index in [1.807, 2.05) is 25.1 Å². The maximum absolute atomic E-state index is 14.0. The summed E-state index contributed by atoms with van der Waals surface area (Å²) in [5.41, 5.74) is 2.49. The third-order valence-electron chi connectivity index (χ3n) is 6.99. The predicted octanol–water partition coefficient (Wildman–Crippen LogP) is 5.86. The van der Waals surface area contributed by atoms with Crippen LogP contribution < -0.4 is 19.8 Å². The van der Waals surface area contributed by atoms with Gasteiger partial charge in [0.25, 0.3) is 5.91 Å². The van der Waals surface area contributed by atoms with E-state index in [9.17, 15) is 19.2 Å². The van der Waals surface area contributed by atoms with Crippen molar-refractivity contribution < 1.29 is 19.1 Å². The van der Waals surface area contributed by atoms with E-state index in [2.05, 4.69) is 10.3 Å². The lowest BCUT2D eigenvalue weighted by Crippen LogP contribution is -2.32. The summed E-state index contributed by atoms with van der Waals surface area (Å²) in [5, 5.41) is 3.42. The van der Waals surface area contributed by atoms with Crippen LogP contribution in [0.2, 0.25) is 10.0 Å². The Labute approximate surface area is 252 Å². The van der Waals surface area contributed by atoms with Gasteiger partial charge in [0.15, 0.2) is 6.61 Å². The van der Waals surface area contributed by atoms with Gasteiger partial charge < -0.3 is 15.0 Å². The Morgan fingerprint density at radius 3 is 2.49 bits per heavy atom. The number of carbonyl (C=O) groups is 3. The molecule has 2 aliphatic heterocycles. The fraction of sp³-hybridized carbons (Fsp3) is 0.172. The van der Waals surface area contributed by atoms with Gasteiger partial charge >= 0.3 is 4.87 Å². The molecule has 1 aromatic heterocycles. The largest absolute Gasteiger partial charge is 0.483 e. The molecule has 6 rings (SSSR count). The first-order chi connectivity index (χ1) is 19.7. The fourth-order valence-electron chi connectivity index (χ4n) is 5.13. The average molecular weight is 627 g/mol.